The lowest BCUT2D eigenvalue weighted by atomic mass is 10.2. The lowest BCUT2D eigenvalue weighted by Gasteiger charge is -2.10. The third-order valence-electron chi connectivity index (χ3n) is 2.78. The molecule has 1 N–H and O–H groups in total. The molecule has 1 atom stereocenters. The minimum atomic E-state index is -4.58. The normalized spacial score (nSPS) is 22.4. The van der Waals surface area contributed by atoms with Gasteiger partial charge in [-0.1, -0.05) is 25.4 Å². The largest absolute Gasteiger partial charge is 0.451 e. The molecule has 2 rings (SSSR count). The second kappa shape index (κ2) is 3.73. The average molecular weight is 266 g/mol. The number of alkyl halides is 3. The van der Waals surface area contributed by atoms with E-state index in [1.165, 1.54) is 6.07 Å². The molecule has 17 heavy (non-hydrogen) atoms. The van der Waals surface area contributed by atoms with Gasteiger partial charge in [-0.3, -0.25) is 0 Å². The van der Waals surface area contributed by atoms with E-state index in [1.54, 1.807) is 0 Å². The summed E-state index contributed by atoms with van der Waals surface area (Å²) >= 11 is 5.54. The smallest absolute Gasteiger partial charge is 0.367 e. The summed E-state index contributed by atoms with van der Waals surface area (Å²) in [5, 5.41) is 2.71. The van der Waals surface area contributed by atoms with Crippen LogP contribution in [0.1, 0.15) is 26.1 Å². The molecule has 0 spiro atoms. The van der Waals surface area contributed by atoms with E-state index in [4.69, 9.17) is 11.6 Å². The molecule has 0 aromatic carbocycles. The van der Waals surface area contributed by atoms with Gasteiger partial charge in [-0.05, 0) is 11.8 Å². The summed E-state index contributed by atoms with van der Waals surface area (Å²) in [4.78, 5) is 6.58. The van der Waals surface area contributed by atoms with Gasteiger partial charge in [-0.2, -0.15) is 13.2 Å². The molecule has 1 heterocycles. The van der Waals surface area contributed by atoms with Gasteiger partial charge in [0.15, 0.2) is 0 Å². The molecule has 0 saturated heterocycles. The second-order valence-electron chi connectivity index (χ2n) is 4.79. The number of nitrogens with zero attached hydrogens (tertiary/aromatic N) is 2. The van der Waals surface area contributed by atoms with Gasteiger partial charge < -0.3 is 5.32 Å². The maximum absolute atomic E-state index is 12.4. The van der Waals surface area contributed by atoms with Gasteiger partial charge in [0.05, 0.1) is 0 Å². The molecule has 1 saturated carbocycles. The van der Waals surface area contributed by atoms with E-state index in [-0.39, 0.29) is 22.4 Å². The van der Waals surface area contributed by atoms with Crippen LogP contribution >= 0.6 is 11.6 Å². The quantitative estimate of drug-likeness (QED) is 0.833. The molecule has 0 aliphatic heterocycles. The van der Waals surface area contributed by atoms with Crippen molar-refractivity contribution in [3.05, 3.63) is 17.0 Å². The van der Waals surface area contributed by atoms with Crippen LogP contribution in [0.3, 0.4) is 0 Å². The summed E-state index contributed by atoms with van der Waals surface area (Å²) < 4.78 is 37.3. The number of anilines is 1. The molecule has 0 amide bonds. The highest BCUT2D eigenvalue weighted by atomic mass is 35.5. The van der Waals surface area contributed by atoms with Crippen molar-refractivity contribution in [2.24, 2.45) is 5.41 Å². The van der Waals surface area contributed by atoms with Crippen LogP contribution in [0.5, 0.6) is 0 Å². The molecule has 1 aromatic heterocycles. The summed E-state index contributed by atoms with van der Waals surface area (Å²) in [6, 6.07) is 1.43. The molecule has 1 aliphatic rings. The topological polar surface area (TPSA) is 37.8 Å². The number of rotatable bonds is 2. The lowest BCUT2D eigenvalue weighted by molar-refractivity contribution is -0.144. The van der Waals surface area contributed by atoms with E-state index >= 15 is 0 Å². The van der Waals surface area contributed by atoms with E-state index in [0.717, 1.165) is 6.42 Å². The van der Waals surface area contributed by atoms with Crippen molar-refractivity contribution in [3.63, 3.8) is 0 Å². The van der Waals surface area contributed by atoms with Crippen LogP contribution in [-0.2, 0) is 6.18 Å². The highest BCUT2D eigenvalue weighted by Gasteiger charge is 2.46. The zero-order valence-electron chi connectivity index (χ0n) is 9.27. The minimum Gasteiger partial charge on any atom is -0.367 e. The first-order chi connectivity index (χ1) is 7.68. The molecule has 1 unspecified atom stereocenters. The van der Waals surface area contributed by atoms with Crippen molar-refractivity contribution in [1.29, 1.82) is 0 Å². The molecular weight excluding hydrogens is 255 g/mol. The average Bonchev–Trinajstić information content (AvgIpc) is 2.70. The first-order valence-corrected chi connectivity index (χ1v) is 5.44. The van der Waals surface area contributed by atoms with Crippen LogP contribution in [0.4, 0.5) is 19.0 Å². The molecule has 1 fully saturated rings. The zero-order chi connectivity index (χ0) is 12.8. The van der Waals surface area contributed by atoms with Gasteiger partial charge >= 0.3 is 6.18 Å². The van der Waals surface area contributed by atoms with Crippen LogP contribution in [0.2, 0.25) is 5.15 Å². The van der Waals surface area contributed by atoms with E-state index in [1.807, 2.05) is 13.8 Å². The predicted molar refractivity (Wildman–Crippen MR) is 57.9 cm³/mol. The van der Waals surface area contributed by atoms with E-state index in [0.29, 0.717) is 0 Å². The Morgan fingerprint density at radius 3 is 2.47 bits per heavy atom. The Bertz CT molecular complexity index is 445. The zero-order valence-corrected chi connectivity index (χ0v) is 10.0. The molecular formula is C10H11ClF3N3. The molecule has 0 radical (unpaired) electrons. The monoisotopic (exact) mass is 265 g/mol. The molecule has 94 valence electrons. The van der Waals surface area contributed by atoms with E-state index in [9.17, 15) is 13.2 Å². The minimum absolute atomic E-state index is 0.0931. The number of hydrogen-bond acceptors (Lipinski definition) is 3. The summed E-state index contributed by atoms with van der Waals surface area (Å²) in [5.74, 6) is -1.10. The third-order valence-corrected chi connectivity index (χ3v) is 2.98. The highest BCUT2D eigenvalue weighted by Crippen LogP contribution is 2.46. The Kier molecular flexibility index (Phi) is 2.72. The van der Waals surface area contributed by atoms with Crippen molar-refractivity contribution < 1.29 is 13.2 Å². The van der Waals surface area contributed by atoms with Crippen LogP contribution < -0.4 is 5.32 Å². The summed E-state index contributed by atoms with van der Waals surface area (Å²) in [6.45, 7) is 4.05. The Morgan fingerprint density at radius 2 is 2.00 bits per heavy atom. The van der Waals surface area contributed by atoms with Crippen molar-refractivity contribution in [2.45, 2.75) is 32.5 Å². The Morgan fingerprint density at radius 1 is 1.41 bits per heavy atom. The maximum Gasteiger partial charge on any atom is 0.451 e. The Balaban J connectivity index is 2.21. The first kappa shape index (κ1) is 12.4. The Hall–Kier alpha value is -1.04. The van der Waals surface area contributed by atoms with E-state index in [2.05, 4.69) is 15.3 Å². The van der Waals surface area contributed by atoms with Gasteiger partial charge in [0.2, 0.25) is 5.82 Å². The van der Waals surface area contributed by atoms with Crippen molar-refractivity contribution in [3.8, 4) is 0 Å². The highest BCUT2D eigenvalue weighted by molar-refractivity contribution is 6.29. The van der Waals surface area contributed by atoms with Crippen LogP contribution in [0, 0.1) is 5.41 Å². The summed E-state index contributed by atoms with van der Waals surface area (Å²) in [7, 11) is 0. The number of aromatic nitrogens is 2. The Labute approximate surface area is 101 Å². The fourth-order valence-electron chi connectivity index (χ4n) is 1.51. The van der Waals surface area contributed by atoms with Gasteiger partial charge in [0.25, 0.3) is 0 Å². The van der Waals surface area contributed by atoms with Crippen molar-refractivity contribution >= 4 is 17.4 Å². The first-order valence-electron chi connectivity index (χ1n) is 5.07. The van der Waals surface area contributed by atoms with Gasteiger partial charge in [0.1, 0.15) is 11.0 Å². The molecule has 7 heteroatoms. The SMILES string of the molecule is CC1(C)CC1Nc1cc(Cl)nc(C(F)(F)F)n1. The number of hydrogen-bond donors (Lipinski definition) is 1. The lowest BCUT2D eigenvalue weighted by Crippen LogP contribution is -2.15. The number of halogens is 4. The molecule has 1 aromatic rings. The molecule has 1 aliphatic carbocycles. The van der Waals surface area contributed by atoms with Gasteiger partial charge in [0, 0.05) is 12.1 Å². The van der Waals surface area contributed by atoms with Crippen LogP contribution in [-0.4, -0.2) is 16.0 Å². The maximum atomic E-state index is 12.4. The van der Waals surface area contributed by atoms with E-state index < -0.39 is 12.0 Å². The predicted octanol–water partition coefficient (Wildman–Crippen LogP) is 3.36. The van der Waals surface area contributed by atoms with Gasteiger partial charge in [-0.25, -0.2) is 9.97 Å². The summed E-state index contributed by atoms with van der Waals surface area (Å²) in [5.41, 5.74) is 0.0931. The van der Waals surface area contributed by atoms with Gasteiger partial charge in [-0.15, -0.1) is 0 Å². The summed E-state index contributed by atoms with van der Waals surface area (Å²) in [6.07, 6.45) is -3.68. The molecule has 3 nitrogen and oxygen atoms in total. The third kappa shape index (κ3) is 2.80. The standard InChI is InChI=1S/C10H11ClF3N3/c1-9(2)4-5(9)15-7-3-6(11)16-8(17-7)10(12,13)14/h3,5H,4H2,1-2H3,(H,15,16,17). The fourth-order valence-corrected chi connectivity index (χ4v) is 1.69. The fraction of sp³-hybridized carbons (Fsp3) is 0.600. The van der Waals surface area contributed by atoms with Crippen LogP contribution in [0.25, 0.3) is 0 Å². The van der Waals surface area contributed by atoms with Crippen molar-refractivity contribution in [2.75, 3.05) is 5.32 Å². The number of nitrogens with one attached hydrogen (secondary N) is 1. The molecule has 0 bridgehead atoms. The van der Waals surface area contributed by atoms with Crippen molar-refractivity contribution in [1.82, 2.24) is 9.97 Å². The second-order valence-corrected chi connectivity index (χ2v) is 5.17. The van der Waals surface area contributed by atoms with Crippen LogP contribution in [0.15, 0.2) is 6.07 Å².